The number of carbonyl (C=O) groups is 2. The third-order valence-electron chi connectivity index (χ3n) is 5.81. The average molecular weight is 374 g/mol. The summed E-state index contributed by atoms with van der Waals surface area (Å²) in [5.74, 6) is 0.329. The van der Waals surface area contributed by atoms with E-state index in [2.05, 4.69) is 5.32 Å². The number of hydrogen-bond acceptors (Lipinski definition) is 5. The molecule has 27 heavy (non-hydrogen) atoms. The molecule has 148 valence electrons. The predicted octanol–water partition coefficient (Wildman–Crippen LogP) is 2.34. The third kappa shape index (κ3) is 4.94. The lowest BCUT2D eigenvalue weighted by molar-refractivity contribution is -0.117. The van der Waals surface area contributed by atoms with Crippen LogP contribution in [0.2, 0.25) is 0 Å². The van der Waals surface area contributed by atoms with Crippen LogP contribution in [0, 0.1) is 5.92 Å². The second-order valence-corrected chi connectivity index (χ2v) is 7.80. The molecule has 1 aliphatic heterocycles. The molecule has 1 saturated carbocycles. The van der Waals surface area contributed by atoms with Gasteiger partial charge in [0.15, 0.2) is 5.78 Å². The topological polar surface area (TPSA) is 89.9 Å². The molecule has 1 fully saturated rings. The van der Waals surface area contributed by atoms with Crippen molar-refractivity contribution in [2.24, 2.45) is 5.92 Å². The maximum atomic E-state index is 12.7. The number of nitrogens with one attached hydrogen (secondary N) is 1. The second kappa shape index (κ2) is 9.44. The molecule has 0 atom stereocenters. The number of rotatable bonds is 6. The Morgan fingerprint density at radius 3 is 2.48 bits per heavy atom. The summed E-state index contributed by atoms with van der Waals surface area (Å²) in [4.78, 5) is 27.0. The van der Waals surface area contributed by atoms with Gasteiger partial charge in [0.1, 0.15) is 0 Å². The number of aliphatic hydroxyl groups is 2. The van der Waals surface area contributed by atoms with Gasteiger partial charge in [-0.2, -0.15) is 0 Å². The van der Waals surface area contributed by atoms with Gasteiger partial charge in [-0.25, -0.2) is 0 Å². The smallest absolute Gasteiger partial charge is 0.224 e. The van der Waals surface area contributed by atoms with Crippen molar-refractivity contribution in [1.82, 2.24) is 4.90 Å². The van der Waals surface area contributed by atoms with Gasteiger partial charge in [-0.05, 0) is 30.4 Å². The summed E-state index contributed by atoms with van der Waals surface area (Å²) in [6.45, 7) is 0.210. The molecule has 6 nitrogen and oxygen atoms in total. The predicted molar refractivity (Wildman–Crippen MR) is 104 cm³/mol. The van der Waals surface area contributed by atoms with Crippen LogP contribution in [-0.2, 0) is 11.3 Å². The maximum Gasteiger partial charge on any atom is 0.224 e. The van der Waals surface area contributed by atoms with Crippen LogP contribution in [0.1, 0.15) is 60.9 Å². The molecule has 0 unspecified atom stereocenters. The Bertz CT molecular complexity index is 664. The van der Waals surface area contributed by atoms with E-state index in [1.807, 2.05) is 12.1 Å². The fourth-order valence-corrected chi connectivity index (χ4v) is 4.28. The first kappa shape index (κ1) is 20.0. The number of nitrogens with zero attached hydrogens (tertiary/aromatic N) is 1. The first-order valence-corrected chi connectivity index (χ1v) is 10.0. The normalized spacial score (nSPS) is 19.0. The van der Waals surface area contributed by atoms with Gasteiger partial charge in [0.25, 0.3) is 0 Å². The quantitative estimate of drug-likeness (QED) is 0.665. The SMILES string of the molecule is O=C(CC1CCCCCC1)Nc1cccc2c1C(=O)CN(C(CO)CO)C2. The lowest BCUT2D eigenvalue weighted by atomic mass is 9.94. The zero-order chi connectivity index (χ0) is 19.2. The molecular formula is C21H30N2O4. The van der Waals surface area contributed by atoms with E-state index in [1.165, 1.54) is 25.7 Å². The van der Waals surface area contributed by atoms with Crippen LogP contribution in [-0.4, -0.2) is 52.6 Å². The summed E-state index contributed by atoms with van der Waals surface area (Å²) < 4.78 is 0. The zero-order valence-corrected chi connectivity index (χ0v) is 15.8. The fraction of sp³-hybridized carbons (Fsp3) is 0.619. The Kier molecular flexibility index (Phi) is 6.99. The summed E-state index contributed by atoms with van der Waals surface area (Å²) in [5, 5.41) is 21.7. The molecule has 3 N–H and O–H groups in total. The van der Waals surface area contributed by atoms with Gasteiger partial charge in [-0.15, -0.1) is 0 Å². The molecule has 1 amide bonds. The van der Waals surface area contributed by atoms with Gasteiger partial charge in [0, 0.05) is 18.5 Å². The van der Waals surface area contributed by atoms with Crippen molar-refractivity contribution in [2.75, 3.05) is 25.1 Å². The molecule has 0 spiro atoms. The molecule has 6 heteroatoms. The van der Waals surface area contributed by atoms with E-state index in [0.717, 1.165) is 18.4 Å². The molecule has 1 aromatic carbocycles. The zero-order valence-electron chi connectivity index (χ0n) is 15.8. The van der Waals surface area contributed by atoms with Crippen LogP contribution < -0.4 is 5.32 Å². The van der Waals surface area contributed by atoms with E-state index in [-0.39, 0.29) is 31.4 Å². The summed E-state index contributed by atoms with van der Waals surface area (Å²) in [6, 6.07) is 5.04. The minimum absolute atomic E-state index is 0.0193. The first-order chi connectivity index (χ1) is 13.1. The number of amides is 1. The highest BCUT2D eigenvalue weighted by Gasteiger charge is 2.30. The average Bonchev–Trinajstić information content (AvgIpc) is 2.91. The molecule has 0 bridgehead atoms. The van der Waals surface area contributed by atoms with Crippen LogP contribution in [0.15, 0.2) is 18.2 Å². The van der Waals surface area contributed by atoms with Crippen molar-refractivity contribution in [2.45, 2.75) is 57.5 Å². The summed E-state index contributed by atoms with van der Waals surface area (Å²) >= 11 is 0. The Labute approximate surface area is 160 Å². The number of benzene rings is 1. The number of anilines is 1. The van der Waals surface area contributed by atoms with Crippen LogP contribution in [0.25, 0.3) is 0 Å². The van der Waals surface area contributed by atoms with Gasteiger partial charge in [0.2, 0.25) is 5.91 Å². The Balaban J connectivity index is 1.70. The Morgan fingerprint density at radius 2 is 1.81 bits per heavy atom. The van der Waals surface area contributed by atoms with Crippen molar-refractivity contribution in [3.63, 3.8) is 0 Å². The molecule has 1 aliphatic carbocycles. The molecule has 0 radical (unpaired) electrons. The van der Waals surface area contributed by atoms with E-state index >= 15 is 0 Å². The first-order valence-electron chi connectivity index (χ1n) is 10.0. The van der Waals surface area contributed by atoms with Crippen molar-refractivity contribution in [3.05, 3.63) is 29.3 Å². The number of hydrogen-bond donors (Lipinski definition) is 3. The highest BCUT2D eigenvalue weighted by Crippen LogP contribution is 2.29. The largest absolute Gasteiger partial charge is 0.395 e. The van der Waals surface area contributed by atoms with Gasteiger partial charge < -0.3 is 15.5 Å². The van der Waals surface area contributed by atoms with E-state index in [4.69, 9.17) is 0 Å². The Morgan fingerprint density at radius 1 is 1.11 bits per heavy atom. The molecule has 1 heterocycles. The number of ketones is 1. The standard InChI is InChI=1S/C21H30N2O4/c24-13-17(14-25)23-11-16-8-5-9-18(21(16)19(26)12-23)22-20(27)10-15-6-3-1-2-4-7-15/h5,8-9,15,17,24-25H,1-4,6-7,10-14H2,(H,22,27). The maximum absolute atomic E-state index is 12.7. The van der Waals surface area contributed by atoms with Crippen LogP contribution in [0.5, 0.6) is 0 Å². The van der Waals surface area contributed by atoms with Crippen LogP contribution in [0.3, 0.4) is 0 Å². The fourth-order valence-electron chi connectivity index (χ4n) is 4.28. The number of fused-ring (bicyclic) bond motifs is 1. The Hall–Kier alpha value is -1.76. The van der Waals surface area contributed by atoms with Crippen molar-refractivity contribution >= 4 is 17.4 Å². The van der Waals surface area contributed by atoms with Gasteiger partial charge in [0.05, 0.1) is 31.5 Å². The molecule has 2 aliphatic rings. The van der Waals surface area contributed by atoms with E-state index in [9.17, 15) is 19.8 Å². The number of carbonyl (C=O) groups excluding carboxylic acids is 2. The molecule has 1 aromatic rings. The molecule has 0 aromatic heterocycles. The van der Waals surface area contributed by atoms with Crippen LogP contribution in [0.4, 0.5) is 5.69 Å². The summed E-state index contributed by atoms with van der Waals surface area (Å²) in [7, 11) is 0. The van der Waals surface area contributed by atoms with E-state index in [0.29, 0.717) is 30.1 Å². The minimum Gasteiger partial charge on any atom is -0.395 e. The lowest BCUT2D eigenvalue weighted by Gasteiger charge is -2.33. The minimum atomic E-state index is -0.449. The number of aliphatic hydroxyl groups excluding tert-OH is 2. The monoisotopic (exact) mass is 374 g/mol. The van der Waals surface area contributed by atoms with Crippen molar-refractivity contribution in [1.29, 1.82) is 0 Å². The van der Waals surface area contributed by atoms with Gasteiger partial charge in [-0.3, -0.25) is 14.5 Å². The second-order valence-electron chi connectivity index (χ2n) is 7.80. The number of Topliss-reactive ketones (excluding diaryl/α,β-unsaturated/α-hetero) is 1. The van der Waals surface area contributed by atoms with Crippen LogP contribution >= 0.6 is 0 Å². The lowest BCUT2D eigenvalue weighted by Crippen LogP contribution is -2.46. The van der Waals surface area contributed by atoms with Crippen molar-refractivity contribution < 1.29 is 19.8 Å². The van der Waals surface area contributed by atoms with Crippen molar-refractivity contribution in [3.8, 4) is 0 Å². The van der Waals surface area contributed by atoms with Gasteiger partial charge in [-0.1, -0.05) is 37.8 Å². The van der Waals surface area contributed by atoms with E-state index in [1.54, 1.807) is 11.0 Å². The summed E-state index contributed by atoms with van der Waals surface area (Å²) in [5.41, 5.74) is 1.98. The molecule has 0 saturated heterocycles. The molecular weight excluding hydrogens is 344 g/mol. The highest BCUT2D eigenvalue weighted by atomic mass is 16.3. The summed E-state index contributed by atoms with van der Waals surface area (Å²) in [6.07, 6.45) is 7.65. The van der Waals surface area contributed by atoms with Gasteiger partial charge >= 0.3 is 0 Å². The highest BCUT2D eigenvalue weighted by molar-refractivity contribution is 6.07. The third-order valence-corrected chi connectivity index (χ3v) is 5.81. The van der Waals surface area contributed by atoms with E-state index < -0.39 is 6.04 Å². The molecule has 3 rings (SSSR count).